The third-order valence-corrected chi connectivity index (χ3v) is 3.90. The van der Waals surface area contributed by atoms with Gasteiger partial charge in [-0.3, -0.25) is 4.79 Å². The molecule has 0 saturated carbocycles. The van der Waals surface area contributed by atoms with Gasteiger partial charge in [0.25, 0.3) is 0 Å². The monoisotopic (exact) mass is 284 g/mol. The van der Waals surface area contributed by atoms with E-state index >= 15 is 0 Å². The molecule has 3 nitrogen and oxygen atoms in total. The molecule has 0 aliphatic carbocycles. The predicted molar refractivity (Wildman–Crippen MR) is 82.9 cm³/mol. The molecule has 0 heterocycles. The van der Waals surface area contributed by atoms with Gasteiger partial charge in [0.15, 0.2) is 0 Å². The van der Waals surface area contributed by atoms with Crippen LogP contribution in [0.3, 0.4) is 0 Å². The number of hydrogen-bond donors (Lipinski definition) is 1. The number of aliphatic carboxylic acids is 1. The Bertz CT molecular complexity index is 631. The lowest BCUT2D eigenvalue weighted by Crippen LogP contribution is -2.35. The maximum absolute atomic E-state index is 11.9. The van der Waals surface area contributed by atoms with E-state index in [2.05, 4.69) is 0 Å². The maximum atomic E-state index is 11.9. The molecular formula is C18H20O3. The molecule has 2 aromatic rings. The van der Waals surface area contributed by atoms with E-state index in [9.17, 15) is 9.90 Å². The Hall–Kier alpha value is -2.29. The minimum absolute atomic E-state index is 0.384. The van der Waals surface area contributed by atoms with E-state index in [0.717, 1.165) is 22.4 Å². The zero-order chi connectivity index (χ0) is 15.5. The van der Waals surface area contributed by atoms with Gasteiger partial charge >= 0.3 is 5.97 Å². The summed E-state index contributed by atoms with van der Waals surface area (Å²) in [6.45, 7) is 3.74. The van der Waals surface area contributed by atoms with Crippen LogP contribution in [-0.4, -0.2) is 18.2 Å². The molecule has 0 saturated heterocycles. The van der Waals surface area contributed by atoms with Crippen LogP contribution < -0.4 is 4.74 Å². The molecule has 0 spiro atoms. The molecule has 1 atom stereocenters. The fourth-order valence-electron chi connectivity index (χ4n) is 2.45. The summed E-state index contributed by atoms with van der Waals surface area (Å²) in [5.74, 6) is -0.116. The summed E-state index contributed by atoms with van der Waals surface area (Å²) in [6.07, 6.45) is 0.384. The second-order valence-electron chi connectivity index (χ2n) is 5.49. The number of aryl methyl sites for hydroxylation is 1. The lowest BCUT2D eigenvalue weighted by Gasteiger charge is -2.26. The van der Waals surface area contributed by atoms with Crippen molar-refractivity contribution in [2.75, 3.05) is 7.11 Å². The summed E-state index contributed by atoms with van der Waals surface area (Å²) in [6, 6.07) is 15.2. The fourth-order valence-corrected chi connectivity index (χ4v) is 2.45. The molecule has 110 valence electrons. The second kappa shape index (κ2) is 6.00. The van der Waals surface area contributed by atoms with Gasteiger partial charge in [-0.1, -0.05) is 48.0 Å². The zero-order valence-electron chi connectivity index (χ0n) is 12.6. The molecule has 1 unspecified atom stereocenters. The van der Waals surface area contributed by atoms with Gasteiger partial charge < -0.3 is 9.84 Å². The highest BCUT2D eigenvalue weighted by atomic mass is 16.5. The minimum atomic E-state index is -0.984. The topological polar surface area (TPSA) is 46.5 Å². The highest BCUT2D eigenvalue weighted by Crippen LogP contribution is 2.32. The number of carboxylic acid groups (broad SMARTS) is 1. The Morgan fingerprint density at radius 1 is 1.14 bits per heavy atom. The van der Waals surface area contributed by atoms with Crippen molar-refractivity contribution in [2.24, 2.45) is 0 Å². The molecule has 3 heteroatoms. The largest absolute Gasteiger partial charge is 0.496 e. The average Bonchev–Trinajstić information content (AvgIpc) is 2.48. The number of ether oxygens (including phenoxy) is 1. The number of methoxy groups -OCH3 is 1. The van der Waals surface area contributed by atoms with Gasteiger partial charge in [0.2, 0.25) is 0 Å². The maximum Gasteiger partial charge on any atom is 0.314 e. The van der Waals surface area contributed by atoms with Gasteiger partial charge in [0.1, 0.15) is 5.75 Å². The van der Waals surface area contributed by atoms with Gasteiger partial charge in [0.05, 0.1) is 12.5 Å². The van der Waals surface area contributed by atoms with Crippen LogP contribution in [0.2, 0.25) is 0 Å². The molecule has 2 rings (SSSR count). The normalized spacial score (nSPS) is 13.5. The van der Waals surface area contributed by atoms with Gasteiger partial charge in [-0.05, 0) is 37.5 Å². The molecule has 0 bridgehead atoms. The van der Waals surface area contributed by atoms with Gasteiger partial charge in [-0.2, -0.15) is 0 Å². The molecular weight excluding hydrogens is 264 g/mol. The number of rotatable bonds is 5. The SMILES string of the molecule is COc1ccccc1CC(C)(C(=O)O)c1ccc(C)cc1. The molecule has 0 aliphatic heterocycles. The van der Waals surface area contributed by atoms with E-state index in [-0.39, 0.29) is 0 Å². The van der Waals surface area contributed by atoms with Crippen LogP contribution in [0.15, 0.2) is 48.5 Å². The lowest BCUT2D eigenvalue weighted by atomic mass is 9.77. The molecule has 2 aromatic carbocycles. The number of carbonyl (C=O) groups is 1. The molecule has 0 aliphatic rings. The summed E-state index contributed by atoms with van der Waals surface area (Å²) < 4.78 is 5.33. The molecule has 1 N–H and O–H groups in total. The average molecular weight is 284 g/mol. The van der Waals surface area contributed by atoms with Crippen LogP contribution in [0.4, 0.5) is 0 Å². The zero-order valence-corrected chi connectivity index (χ0v) is 12.6. The molecule has 0 amide bonds. The van der Waals surface area contributed by atoms with Crippen molar-refractivity contribution in [2.45, 2.75) is 25.7 Å². The van der Waals surface area contributed by atoms with E-state index in [1.807, 2.05) is 55.5 Å². The van der Waals surface area contributed by atoms with Crippen molar-refractivity contribution in [3.05, 3.63) is 65.2 Å². The van der Waals surface area contributed by atoms with Crippen LogP contribution in [0.1, 0.15) is 23.6 Å². The van der Waals surface area contributed by atoms with E-state index < -0.39 is 11.4 Å². The van der Waals surface area contributed by atoms with Crippen LogP contribution in [0, 0.1) is 6.92 Å². The van der Waals surface area contributed by atoms with Crippen LogP contribution >= 0.6 is 0 Å². The first-order valence-electron chi connectivity index (χ1n) is 6.90. The second-order valence-corrected chi connectivity index (χ2v) is 5.49. The Kier molecular flexibility index (Phi) is 4.32. The highest BCUT2D eigenvalue weighted by Gasteiger charge is 2.36. The summed E-state index contributed by atoms with van der Waals surface area (Å²) in [5, 5.41) is 9.74. The van der Waals surface area contributed by atoms with Crippen LogP contribution in [0.25, 0.3) is 0 Å². The summed E-state index contributed by atoms with van der Waals surface area (Å²) in [5.41, 5.74) is 1.82. The summed E-state index contributed by atoms with van der Waals surface area (Å²) in [4.78, 5) is 11.9. The Labute approximate surface area is 125 Å². The molecule has 0 aromatic heterocycles. The van der Waals surface area contributed by atoms with Crippen molar-refractivity contribution in [3.63, 3.8) is 0 Å². The Morgan fingerprint density at radius 3 is 2.33 bits per heavy atom. The van der Waals surface area contributed by atoms with E-state index in [4.69, 9.17) is 4.74 Å². The molecule has 0 fully saturated rings. The minimum Gasteiger partial charge on any atom is -0.496 e. The Morgan fingerprint density at radius 2 is 1.76 bits per heavy atom. The van der Waals surface area contributed by atoms with Gasteiger partial charge in [0, 0.05) is 0 Å². The van der Waals surface area contributed by atoms with E-state index in [1.165, 1.54) is 0 Å². The number of benzene rings is 2. The number of carboxylic acids is 1. The quantitative estimate of drug-likeness (QED) is 0.912. The highest BCUT2D eigenvalue weighted by molar-refractivity contribution is 5.81. The predicted octanol–water partition coefficient (Wildman–Crippen LogP) is 3.59. The van der Waals surface area contributed by atoms with Gasteiger partial charge in [-0.15, -0.1) is 0 Å². The summed E-state index contributed by atoms with van der Waals surface area (Å²) >= 11 is 0. The van der Waals surface area contributed by atoms with Gasteiger partial charge in [-0.25, -0.2) is 0 Å². The number of hydrogen-bond acceptors (Lipinski definition) is 2. The van der Waals surface area contributed by atoms with Crippen molar-refractivity contribution in [1.29, 1.82) is 0 Å². The van der Waals surface area contributed by atoms with Crippen molar-refractivity contribution >= 4 is 5.97 Å². The summed E-state index contributed by atoms with van der Waals surface area (Å²) in [7, 11) is 1.60. The van der Waals surface area contributed by atoms with Crippen LogP contribution in [-0.2, 0) is 16.6 Å². The molecule has 21 heavy (non-hydrogen) atoms. The van der Waals surface area contributed by atoms with Crippen molar-refractivity contribution < 1.29 is 14.6 Å². The first-order valence-corrected chi connectivity index (χ1v) is 6.90. The standard InChI is InChI=1S/C18H20O3/c1-13-8-10-15(11-9-13)18(2,17(19)20)12-14-6-4-5-7-16(14)21-3/h4-11H,12H2,1-3H3,(H,19,20). The Balaban J connectivity index is 2.43. The third kappa shape index (κ3) is 3.07. The number of para-hydroxylation sites is 1. The lowest BCUT2D eigenvalue weighted by molar-refractivity contribution is -0.143. The fraction of sp³-hybridized carbons (Fsp3) is 0.278. The smallest absolute Gasteiger partial charge is 0.314 e. The molecule has 0 radical (unpaired) electrons. The van der Waals surface area contributed by atoms with Crippen molar-refractivity contribution in [1.82, 2.24) is 0 Å². The van der Waals surface area contributed by atoms with E-state index in [0.29, 0.717) is 6.42 Å². The van der Waals surface area contributed by atoms with Crippen molar-refractivity contribution in [3.8, 4) is 5.75 Å². The van der Waals surface area contributed by atoms with E-state index in [1.54, 1.807) is 14.0 Å². The third-order valence-electron chi connectivity index (χ3n) is 3.90. The van der Waals surface area contributed by atoms with Crippen LogP contribution in [0.5, 0.6) is 5.75 Å². The first-order chi connectivity index (χ1) is 9.97. The first kappa shape index (κ1) is 15.1.